The topological polar surface area (TPSA) is 130 Å². The van der Waals surface area contributed by atoms with Gasteiger partial charge in [-0.05, 0) is 55.3 Å². The molecular weight excluding hydrogens is 348 g/mol. The largest absolute Gasteiger partial charge is 0.485 e. The Morgan fingerprint density at radius 3 is 2.63 bits per heavy atom. The number of imidazole rings is 1. The van der Waals surface area contributed by atoms with E-state index >= 15 is 0 Å². The number of aromatic nitrogens is 6. The van der Waals surface area contributed by atoms with Gasteiger partial charge >= 0.3 is 5.97 Å². The number of nitrogens with one attached hydrogen (secondary N) is 2. The predicted octanol–water partition coefficient (Wildman–Crippen LogP) is 2.64. The monoisotopic (exact) mass is 364 g/mol. The number of benzene rings is 2. The minimum atomic E-state index is -0.969. The Hall–Kier alpha value is -3.75. The molecule has 2 aromatic heterocycles. The number of ether oxygens (including phenoxy) is 1. The van der Waals surface area contributed by atoms with Crippen molar-refractivity contribution in [2.24, 2.45) is 0 Å². The van der Waals surface area contributed by atoms with Crippen LogP contribution in [0.1, 0.15) is 27.3 Å². The lowest BCUT2D eigenvalue weighted by Gasteiger charge is -2.11. The van der Waals surface area contributed by atoms with Crippen molar-refractivity contribution in [3.05, 3.63) is 52.8 Å². The quantitative estimate of drug-likeness (QED) is 0.496. The molecule has 0 unspecified atom stereocenters. The summed E-state index contributed by atoms with van der Waals surface area (Å²) < 4.78 is 5.72. The molecule has 136 valence electrons. The second-order valence-corrected chi connectivity index (χ2v) is 6.17. The molecule has 0 aliphatic rings. The van der Waals surface area contributed by atoms with E-state index in [9.17, 15) is 4.79 Å². The molecule has 0 aliphatic heterocycles. The first-order chi connectivity index (χ1) is 13.0. The summed E-state index contributed by atoms with van der Waals surface area (Å²) in [5, 5.41) is 22.7. The summed E-state index contributed by atoms with van der Waals surface area (Å²) in [6, 6.07) is 8.66. The van der Waals surface area contributed by atoms with Crippen LogP contribution in [0.15, 0.2) is 30.3 Å². The third-order valence-corrected chi connectivity index (χ3v) is 4.23. The minimum Gasteiger partial charge on any atom is -0.485 e. The van der Waals surface area contributed by atoms with Crippen molar-refractivity contribution in [3.8, 4) is 17.1 Å². The molecule has 9 nitrogen and oxygen atoms in total. The van der Waals surface area contributed by atoms with Crippen LogP contribution in [0.25, 0.3) is 22.4 Å². The van der Waals surface area contributed by atoms with E-state index in [-0.39, 0.29) is 12.2 Å². The molecular formula is C18H16N6O3. The van der Waals surface area contributed by atoms with E-state index in [1.807, 2.05) is 26.0 Å². The first kappa shape index (κ1) is 16.7. The normalized spacial score (nSPS) is 11.0. The molecule has 9 heteroatoms. The van der Waals surface area contributed by atoms with Gasteiger partial charge in [-0.15, -0.1) is 10.2 Å². The first-order valence-electron chi connectivity index (χ1n) is 8.21. The number of fused-ring (bicyclic) bond motifs is 1. The van der Waals surface area contributed by atoms with Crippen molar-refractivity contribution in [2.45, 2.75) is 20.5 Å². The zero-order valence-corrected chi connectivity index (χ0v) is 14.6. The maximum Gasteiger partial charge on any atom is 0.335 e. The Labute approximate surface area is 153 Å². The summed E-state index contributed by atoms with van der Waals surface area (Å²) in [6.45, 7) is 4.16. The lowest BCUT2D eigenvalue weighted by molar-refractivity contribution is 0.0697. The number of hydrogen-bond acceptors (Lipinski definition) is 6. The van der Waals surface area contributed by atoms with Crippen LogP contribution in [-0.2, 0) is 6.61 Å². The summed E-state index contributed by atoms with van der Waals surface area (Å²) in [7, 11) is 0. The summed E-state index contributed by atoms with van der Waals surface area (Å²) in [5.74, 6) is 0.888. The summed E-state index contributed by atoms with van der Waals surface area (Å²) in [6.07, 6.45) is 0. The van der Waals surface area contributed by atoms with Gasteiger partial charge in [-0.3, -0.25) is 0 Å². The van der Waals surface area contributed by atoms with Gasteiger partial charge in [0.2, 0.25) is 5.82 Å². The third kappa shape index (κ3) is 3.22. The van der Waals surface area contributed by atoms with Crippen LogP contribution in [0.5, 0.6) is 5.75 Å². The molecule has 0 spiro atoms. The average molecular weight is 364 g/mol. The lowest BCUT2D eigenvalue weighted by atomic mass is 10.0. The number of carboxylic acid groups (broad SMARTS) is 1. The van der Waals surface area contributed by atoms with E-state index in [0.29, 0.717) is 28.4 Å². The number of hydrogen-bond donors (Lipinski definition) is 3. The number of rotatable bonds is 5. The van der Waals surface area contributed by atoms with E-state index in [0.717, 1.165) is 16.7 Å². The van der Waals surface area contributed by atoms with Gasteiger partial charge in [0.1, 0.15) is 11.6 Å². The van der Waals surface area contributed by atoms with Crippen molar-refractivity contribution in [2.75, 3.05) is 0 Å². The number of tetrazole rings is 1. The van der Waals surface area contributed by atoms with Crippen molar-refractivity contribution in [1.82, 2.24) is 30.6 Å². The Balaban J connectivity index is 1.67. The Morgan fingerprint density at radius 1 is 1.19 bits per heavy atom. The Kier molecular flexibility index (Phi) is 4.03. The van der Waals surface area contributed by atoms with Gasteiger partial charge < -0.3 is 14.8 Å². The fourth-order valence-corrected chi connectivity index (χ4v) is 3.03. The SMILES string of the molecule is Cc1cc(OCc2nn[nH]n2)cc(C)c1-c1nc2ccc(C(=O)O)cc2[nH]1. The van der Waals surface area contributed by atoms with E-state index in [1.165, 1.54) is 0 Å². The molecule has 27 heavy (non-hydrogen) atoms. The average Bonchev–Trinajstić information content (AvgIpc) is 3.28. The Morgan fingerprint density at radius 2 is 1.96 bits per heavy atom. The molecule has 0 atom stereocenters. The van der Waals surface area contributed by atoms with Gasteiger partial charge in [-0.2, -0.15) is 5.21 Å². The third-order valence-electron chi connectivity index (χ3n) is 4.23. The number of carboxylic acids is 1. The predicted molar refractivity (Wildman–Crippen MR) is 96.5 cm³/mol. The standard InChI is InChI=1S/C18H16N6O3/c1-9-5-12(27-8-15-21-23-24-22-15)6-10(2)16(9)17-19-13-4-3-11(18(25)26)7-14(13)20-17/h3-7H,8H2,1-2H3,(H,19,20)(H,25,26)(H,21,22,23,24). The van der Waals surface area contributed by atoms with E-state index < -0.39 is 5.97 Å². The van der Waals surface area contributed by atoms with E-state index in [4.69, 9.17) is 9.84 Å². The minimum absolute atomic E-state index is 0.219. The molecule has 0 amide bonds. The number of H-pyrrole nitrogens is 2. The van der Waals surface area contributed by atoms with Crippen LogP contribution >= 0.6 is 0 Å². The molecule has 0 aliphatic carbocycles. The number of aromatic carboxylic acids is 1. The number of aromatic amines is 2. The summed E-state index contributed by atoms with van der Waals surface area (Å²) >= 11 is 0. The van der Waals surface area contributed by atoms with Crippen LogP contribution < -0.4 is 4.74 Å². The molecule has 0 fully saturated rings. The zero-order chi connectivity index (χ0) is 19.0. The molecule has 0 saturated heterocycles. The Bertz CT molecular complexity index is 1110. The van der Waals surface area contributed by atoms with Crippen molar-refractivity contribution in [3.63, 3.8) is 0 Å². The fourth-order valence-electron chi connectivity index (χ4n) is 3.03. The van der Waals surface area contributed by atoms with Crippen molar-refractivity contribution >= 4 is 17.0 Å². The van der Waals surface area contributed by atoms with Crippen LogP contribution in [0.2, 0.25) is 0 Å². The second-order valence-electron chi connectivity index (χ2n) is 6.17. The van der Waals surface area contributed by atoms with Crippen LogP contribution in [-0.4, -0.2) is 41.7 Å². The van der Waals surface area contributed by atoms with Crippen LogP contribution in [0.3, 0.4) is 0 Å². The van der Waals surface area contributed by atoms with Crippen LogP contribution in [0, 0.1) is 13.8 Å². The molecule has 0 saturated carbocycles. The molecule has 2 aromatic carbocycles. The first-order valence-corrected chi connectivity index (χ1v) is 8.21. The lowest BCUT2D eigenvalue weighted by Crippen LogP contribution is -1.99. The zero-order valence-electron chi connectivity index (χ0n) is 14.6. The number of aryl methyl sites for hydroxylation is 2. The highest BCUT2D eigenvalue weighted by Gasteiger charge is 2.14. The molecule has 0 radical (unpaired) electrons. The van der Waals surface area contributed by atoms with Gasteiger partial charge in [0.05, 0.1) is 16.6 Å². The van der Waals surface area contributed by atoms with Gasteiger partial charge in [-0.25, -0.2) is 9.78 Å². The van der Waals surface area contributed by atoms with E-state index in [1.54, 1.807) is 18.2 Å². The van der Waals surface area contributed by atoms with Gasteiger partial charge in [0.15, 0.2) is 6.61 Å². The fraction of sp³-hybridized carbons (Fsp3) is 0.167. The second kappa shape index (κ2) is 6.52. The molecule has 4 rings (SSSR count). The maximum atomic E-state index is 11.2. The molecule has 2 heterocycles. The maximum absolute atomic E-state index is 11.2. The van der Waals surface area contributed by atoms with Crippen molar-refractivity contribution in [1.29, 1.82) is 0 Å². The molecule has 4 aromatic rings. The summed E-state index contributed by atoms with van der Waals surface area (Å²) in [4.78, 5) is 19.0. The van der Waals surface area contributed by atoms with Crippen molar-refractivity contribution < 1.29 is 14.6 Å². The van der Waals surface area contributed by atoms with Gasteiger partial charge in [0, 0.05) is 5.56 Å². The smallest absolute Gasteiger partial charge is 0.335 e. The number of nitrogens with zero attached hydrogens (tertiary/aromatic N) is 4. The van der Waals surface area contributed by atoms with E-state index in [2.05, 4.69) is 30.6 Å². The highest BCUT2D eigenvalue weighted by molar-refractivity contribution is 5.93. The van der Waals surface area contributed by atoms with Crippen LogP contribution in [0.4, 0.5) is 0 Å². The molecule has 0 bridgehead atoms. The highest BCUT2D eigenvalue weighted by Crippen LogP contribution is 2.31. The highest BCUT2D eigenvalue weighted by atomic mass is 16.5. The van der Waals surface area contributed by atoms with Gasteiger partial charge in [0.25, 0.3) is 0 Å². The molecule has 3 N–H and O–H groups in total. The van der Waals surface area contributed by atoms with Gasteiger partial charge in [-0.1, -0.05) is 5.21 Å². The number of carbonyl (C=O) groups is 1. The summed E-state index contributed by atoms with van der Waals surface area (Å²) in [5.41, 5.74) is 4.53.